The van der Waals surface area contributed by atoms with Gasteiger partial charge in [0.05, 0.1) is 11.3 Å². The lowest BCUT2D eigenvalue weighted by atomic mass is 10.1. The van der Waals surface area contributed by atoms with E-state index in [4.69, 9.17) is 0 Å². The van der Waals surface area contributed by atoms with Crippen molar-refractivity contribution in [3.05, 3.63) is 38.8 Å². The van der Waals surface area contributed by atoms with Gasteiger partial charge in [-0.2, -0.15) is 13.2 Å². The van der Waals surface area contributed by atoms with Crippen LogP contribution in [0.2, 0.25) is 0 Å². The number of nitrogens with one attached hydrogen (secondary N) is 1. The number of nitrogens with zero attached hydrogens (tertiary/aromatic N) is 1. The van der Waals surface area contributed by atoms with Crippen molar-refractivity contribution in [2.24, 2.45) is 0 Å². The fourth-order valence-corrected chi connectivity index (χ4v) is 3.66. The van der Waals surface area contributed by atoms with Crippen molar-refractivity contribution in [1.29, 1.82) is 0 Å². The van der Waals surface area contributed by atoms with Crippen LogP contribution in [0.25, 0.3) is 10.6 Å². The highest BCUT2D eigenvalue weighted by molar-refractivity contribution is 9.10. The van der Waals surface area contributed by atoms with Gasteiger partial charge in [-0.15, -0.1) is 11.3 Å². The van der Waals surface area contributed by atoms with Gasteiger partial charge in [-0.05, 0) is 12.1 Å². The van der Waals surface area contributed by atoms with Gasteiger partial charge in [-0.25, -0.2) is 4.98 Å². The van der Waals surface area contributed by atoms with Crippen LogP contribution in [-0.4, -0.2) is 11.5 Å². The number of fused-ring (bicyclic) bond motifs is 1. The Kier molecular flexibility index (Phi) is 3.60. The first-order valence-electron chi connectivity index (χ1n) is 6.01. The van der Waals surface area contributed by atoms with E-state index in [-0.39, 0.29) is 5.56 Å². The lowest BCUT2D eigenvalue weighted by Crippen LogP contribution is -2.22. The van der Waals surface area contributed by atoms with Crippen molar-refractivity contribution in [1.82, 2.24) is 10.3 Å². The van der Waals surface area contributed by atoms with Gasteiger partial charge in [0.2, 0.25) is 0 Å². The number of benzene rings is 1. The summed E-state index contributed by atoms with van der Waals surface area (Å²) >= 11 is 4.43. The normalized spacial score (nSPS) is 15.2. The number of alkyl halides is 3. The molecular weight excluding hydrogens is 353 g/mol. The lowest BCUT2D eigenvalue weighted by molar-refractivity contribution is -0.137. The molecule has 20 heavy (non-hydrogen) atoms. The van der Waals surface area contributed by atoms with Crippen LogP contribution < -0.4 is 5.32 Å². The molecule has 0 saturated carbocycles. The van der Waals surface area contributed by atoms with Crippen LogP contribution in [0.4, 0.5) is 13.2 Å². The van der Waals surface area contributed by atoms with Gasteiger partial charge in [-0.3, -0.25) is 0 Å². The number of hydrogen-bond acceptors (Lipinski definition) is 3. The SMILES string of the molecule is FC(F)(F)c1cc(Br)ccc1-c1nc2c(s1)CNCC2. The zero-order valence-electron chi connectivity index (χ0n) is 10.2. The van der Waals surface area contributed by atoms with Gasteiger partial charge in [-0.1, -0.05) is 22.0 Å². The molecule has 1 aliphatic rings. The summed E-state index contributed by atoms with van der Waals surface area (Å²) in [4.78, 5) is 5.42. The van der Waals surface area contributed by atoms with Gasteiger partial charge >= 0.3 is 6.18 Å². The molecule has 1 aromatic heterocycles. The van der Waals surface area contributed by atoms with Crippen LogP contribution in [0.15, 0.2) is 22.7 Å². The molecular formula is C13H10BrF3N2S. The van der Waals surface area contributed by atoms with E-state index in [0.29, 0.717) is 16.0 Å². The maximum absolute atomic E-state index is 13.1. The molecule has 1 aromatic carbocycles. The minimum Gasteiger partial charge on any atom is -0.311 e. The largest absolute Gasteiger partial charge is 0.417 e. The zero-order valence-corrected chi connectivity index (χ0v) is 12.6. The summed E-state index contributed by atoms with van der Waals surface area (Å²) in [5, 5.41) is 3.64. The van der Waals surface area contributed by atoms with E-state index < -0.39 is 11.7 Å². The van der Waals surface area contributed by atoms with E-state index in [1.165, 1.54) is 17.4 Å². The fourth-order valence-electron chi connectivity index (χ4n) is 2.18. The average Bonchev–Trinajstić information content (AvgIpc) is 2.81. The number of rotatable bonds is 1. The maximum atomic E-state index is 13.1. The summed E-state index contributed by atoms with van der Waals surface area (Å²) in [6, 6.07) is 4.20. The Balaban J connectivity index is 2.12. The molecule has 3 rings (SSSR count). The number of hydrogen-bond donors (Lipinski definition) is 1. The third kappa shape index (κ3) is 2.62. The molecule has 106 valence electrons. The standard InChI is InChI=1S/C13H10BrF3N2S/c14-7-1-2-8(9(5-7)13(15,16)17)12-19-10-3-4-18-6-11(10)20-12/h1-2,5,18H,3-4,6H2. The zero-order chi connectivity index (χ0) is 14.3. The first-order chi connectivity index (χ1) is 9.45. The van der Waals surface area contributed by atoms with Gasteiger partial charge < -0.3 is 5.32 Å². The van der Waals surface area contributed by atoms with E-state index in [1.807, 2.05) is 0 Å². The van der Waals surface area contributed by atoms with Gasteiger partial charge in [0, 0.05) is 34.4 Å². The highest BCUT2D eigenvalue weighted by Gasteiger charge is 2.35. The summed E-state index contributed by atoms with van der Waals surface area (Å²) in [6.07, 6.45) is -3.62. The molecule has 0 unspecified atom stereocenters. The predicted molar refractivity (Wildman–Crippen MR) is 75.7 cm³/mol. The Morgan fingerprint density at radius 3 is 2.80 bits per heavy atom. The summed E-state index contributed by atoms with van der Waals surface area (Å²) < 4.78 is 39.8. The van der Waals surface area contributed by atoms with E-state index >= 15 is 0 Å². The quantitative estimate of drug-likeness (QED) is 0.820. The molecule has 7 heteroatoms. The molecule has 0 atom stereocenters. The molecule has 1 N–H and O–H groups in total. The Hall–Kier alpha value is -0.920. The average molecular weight is 363 g/mol. The Morgan fingerprint density at radius 2 is 2.10 bits per heavy atom. The predicted octanol–water partition coefficient (Wildman–Crippen LogP) is 4.24. The van der Waals surface area contributed by atoms with Crippen molar-refractivity contribution in [2.45, 2.75) is 19.1 Å². The third-order valence-corrected chi connectivity index (χ3v) is 4.74. The van der Waals surface area contributed by atoms with Crippen LogP contribution in [0.5, 0.6) is 0 Å². The molecule has 0 bridgehead atoms. The molecule has 2 nitrogen and oxygen atoms in total. The minimum atomic E-state index is -4.39. The van der Waals surface area contributed by atoms with Crippen molar-refractivity contribution < 1.29 is 13.2 Å². The molecule has 0 radical (unpaired) electrons. The number of thiazole rings is 1. The summed E-state index contributed by atoms with van der Waals surface area (Å²) in [5.41, 5.74) is 0.422. The van der Waals surface area contributed by atoms with Crippen molar-refractivity contribution in [2.75, 3.05) is 6.54 Å². The number of aromatic nitrogens is 1. The molecule has 2 heterocycles. The second-order valence-corrected chi connectivity index (χ2v) is 6.50. The molecule has 0 spiro atoms. The summed E-state index contributed by atoms with van der Waals surface area (Å²) in [5.74, 6) is 0. The maximum Gasteiger partial charge on any atom is 0.417 e. The highest BCUT2D eigenvalue weighted by Crippen LogP contribution is 2.40. The minimum absolute atomic E-state index is 0.153. The van der Waals surface area contributed by atoms with Crippen molar-refractivity contribution in [3.8, 4) is 10.6 Å². The van der Waals surface area contributed by atoms with Crippen LogP contribution in [0.1, 0.15) is 16.1 Å². The smallest absolute Gasteiger partial charge is 0.311 e. The molecule has 1 aliphatic heterocycles. The third-order valence-electron chi connectivity index (χ3n) is 3.12. The van der Waals surface area contributed by atoms with Crippen molar-refractivity contribution >= 4 is 27.3 Å². The van der Waals surface area contributed by atoms with E-state index in [0.717, 1.165) is 29.6 Å². The molecule has 0 aliphatic carbocycles. The Morgan fingerprint density at radius 1 is 1.30 bits per heavy atom. The van der Waals surface area contributed by atoms with Crippen LogP contribution >= 0.6 is 27.3 Å². The Labute approximate surface area is 126 Å². The summed E-state index contributed by atoms with van der Waals surface area (Å²) in [7, 11) is 0. The van der Waals surface area contributed by atoms with Gasteiger partial charge in [0.15, 0.2) is 0 Å². The molecule has 0 saturated heterocycles. The van der Waals surface area contributed by atoms with E-state index in [2.05, 4.69) is 26.2 Å². The van der Waals surface area contributed by atoms with E-state index in [9.17, 15) is 13.2 Å². The van der Waals surface area contributed by atoms with Gasteiger partial charge in [0.25, 0.3) is 0 Å². The second kappa shape index (κ2) is 5.13. The summed E-state index contributed by atoms with van der Waals surface area (Å²) in [6.45, 7) is 1.51. The monoisotopic (exact) mass is 362 g/mol. The van der Waals surface area contributed by atoms with Crippen LogP contribution in [-0.2, 0) is 19.1 Å². The van der Waals surface area contributed by atoms with Crippen LogP contribution in [0, 0.1) is 0 Å². The molecule has 0 amide bonds. The second-order valence-electron chi connectivity index (χ2n) is 4.50. The van der Waals surface area contributed by atoms with Crippen molar-refractivity contribution in [3.63, 3.8) is 0 Å². The number of halogens is 4. The van der Waals surface area contributed by atoms with E-state index in [1.54, 1.807) is 6.07 Å². The topological polar surface area (TPSA) is 24.9 Å². The Bertz CT molecular complexity index is 628. The highest BCUT2D eigenvalue weighted by atomic mass is 79.9. The molecule has 2 aromatic rings. The van der Waals surface area contributed by atoms with Crippen LogP contribution in [0.3, 0.4) is 0 Å². The van der Waals surface area contributed by atoms with Gasteiger partial charge in [0.1, 0.15) is 5.01 Å². The first-order valence-corrected chi connectivity index (χ1v) is 7.62. The first kappa shape index (κ1) is 14.0. The fraction of sp³-hybridized carbons (Fsp3) is 0.308. The molecule has 0 fully saturated rings. The lowest BCUT2D eigenvalue weighted by Gasteiger charge is -2.11.